The molecule has 1 rings (SSSR count). The van der Waals surface area contributed by atoms with Crippen LogP contribution in [0.3, 0.4) is 0 Å². The number of hydrogen-bond donors (Lipinski definition) is 0. The molecule has 0 bridgehead atoms. The molecule has 0 aliphatic rings. The Morgan fingerprint density at radius 2 is 1.82 bits per heavy atom. The minimum absolute atomic E-state index is 0.247. The third-order valence-corrected chi connectivity index (χ3v) is 2.85. The fraction of sp³-hybridized carbons (Fsp3) is 0.533. The van der Waals surface area contributed by atoms with Crippen molar-refractivity contribution in [1.82, 2.24) is 0 Å². The quantitative estimate of drug-likeness (QED) is 0.660. The first kappa shape index (κ1) is 13.9. The van der Waals surface area contributed by atoms with E-state index < -0.39 is 0 Å². The Morgan fingerprint density at radius 3 is 2.35 bits per heavy atom. The van der Waals surface area contributed by atoms with Gasteiger partial charge in [0.05, 0.1) is 12.6 Å². The van der Waals surface area contributed by atoms with Gasteiger partial charge in [-0.3, -0.25) is 4.99 Å². The van der Waals surface area contributed by atoms with Gasteiger partial charge < -0.3 is 4.74 Å². The van der Waals surface area contributed by atoms with E-state index in [1.807, 2.05) is 6.07 Å². The van der Waals surface area contributed by atoms with Gasteiger partial charge >= 0.3 is 0 Å². The number of methoxy groups -OCH3 is 1. The summed E-state index contributed by atoms with van der Waals surface area (Å²) in [6.45, 7) is 5.02. The van der Waals surface area contributed by atoms with Crippen LogP contribution in [0.1, 0.15) is 32.3 Å². The maximum absolute atomic E-state index is 5.26. The van der Waals surface area contributed by atoms with Crippen LogP contribution < -0.4 is 0 Å². The summed E-state index contributed by atoms with van der Waals surface area (Å²) < 4.78 is 5.26. The van der Waals surface area contributed by atoms with Crippen molar-refractivity contribution in [2.75, 3.05) is 13.7 Å². The Balaban J connectivity index is 2.69. The third-order valence-electron chi connectivity index (χ3n) is 2.85. The zero-order valence-corrected chi connectivity index (χ0v) is 11.1. The van der Waals surface area contributed by atoms with Crippen molar-refractivity contribution in [3.63, 3.8) is 0 Å². The number of nitrogens with zero attached hydrogens (tertiary/aromatic N) is 1. The second-order valence-electron chi connectivity index (χ2n) is 4.20. The number of rotatable bonds is 7. The maximum atomic E-state index is 5.26. The van der Waals surface area contributed by atoms with Gasteiger partial charge in [0.25, 0.3) is 0 Å². The van der Waals surface area contributed by atoms with Crippen LogP contribution in [0.5, 0.6) is 0 Å². The van der Waals surface area contributed by atoms with E-state index in [1.54, 1.807) is 7.11 Å². The first-order valence-electron chi connectivity index (χ1n) is 6.38. The predicted octanol–water partition coefficient (Wildman–Crippen LogP) is 3.51. The molecule has 0 aromatic heterocycles. The molecule has 17 heavy (non-hydrogen) atoms. The monoisotopic (exact) mass is 233 g/mol. The Morgan fingerprint density at radius 1 is 1.18 bits per heavy atom. The van der Waals surface area contributed by atoms with E-state index in [0.29, 0.717) is 6.61 Å². The maximum Gasteiger partial charge on any atom is 0.0772 e. The summed E-state index contributed by atoms with van der Waals surface area (Å²) >= 11 is 0. The molecular weight excluding hydrogens is 210 g/mol. The van der Waals surface area contributed by atoms with Gasteiger partial charge in [-0.25, -0.2) is 0 Å². The van der Waals surface area contributed by atoms with Crippen molar-refractivity contribution < 1.29 is 4.74 Å². The Hall–Kier alpha value is -1.15. The molecule has 0 aliphatic heterocycles. The van der Waals surface area contributed by atoms with Crippen LogP contribution in [0, 0.1) is 0 Å². The fourth-order valence-electron chi connectivity index (χ4n) is 1.91. The predicted molar refractivity (Wildman–Crippen MR) is 73.8 cm³/mol. The summed E-state index contributed by atoms with van der Waals surface area (Å²) in [4.78, 5) is 4.79. The van der Waals surface area contributed by atoms with Gasteiger partial charge in [-0.1, -0.05) is 44.2 Å². The van der Waals surface area contributed by atoms with E-state index in [-0.39, 0.29) is 6.04 Å². The molecule has 2 heteroatoms. The number of aliphatic imine (C=N–C) groups is 1. The highest BCUT2D eigenvalue weighted by Gasteiger charge is 2.08. The molecule has 0 aliphatic carbocycles. The van der Waals surface area contributed by atoms with Crippen molar-refractivity contribution in [2.45, 2.75) is 39.2 Å². The average molecular weight is 233 g/mol. The molecule has 1 atom stereocenters. The standard InChI is InChI=1S/C15H23NO/c1-4-14(5-2)16-15(12-17-3)11-13-9-7-6-8-10-13/h6-10,15H,4-5,11-12H2,1-3H3. The molecule has 0 heterocycles. The zero-order chi connectivity index (χ0) is 12.5. The summed E-state index contributed by atoms with van der Waals surface area (Å²) in [6, 6.07) is 10.7. The highest BCUT2D eigenvalue weighted by molar-refractivity contribution is 5.84. The third kappa shape index (κ3) is 5.14. The number of hydrogen-bond acceptors (Lipinski definition) is 2. The molecule has 94 valence electrons. The van der Waals surface area contributed by atoms with Crippen molar-refractivity contribution in [1.29, 1.82) is 0 Å². The molecule has 0 saturated carbocycles. The normalized spacial score (nSPS) is 12.2. The van der Waals surface area contributed by atoms with Crippen molar-refractivity contribution in [3.8, 4) is 0 Å². The zero-order valence-electron chi connectivity index (χ0n) is 11.1. The second kappa shape index (κ2) is 8.02. The number of benzene rings is 1. The van der Waals surface area contributed by atoms with Crippen molar-refractivity contribution in [3.05, 3.63) is 35.9 Å². The van der Waals surface area contributed by atoms with E-state index in [1.165, 1.54) is 11.3 Å². The lowest BCUT2D eigenvalue weighted by Crippen LogP contribution is -2.17. The lowest BCUT2D eigenvalue weighted by atomic mass is 10.1. The van der Waals surface area contributed by atoms with E-state index >= 15 is 0 Å². The van der Waals surface area contributed by atoms with Crippen LogP contribution in [0.15, 0.2) is 35.3 Å². The molecule has 0 spiro atoms. The smallest absolute Gasteiger partial charge is 0.0772 e. The molecule has 2 nitrogen and oxygen atoms in total. The van der Waals surface area contributed by atoms with Gasteiger partial charge in [0.2, 0.25) is 0 Å². The lowest BCUT2D eigenvalue weighted by Gasteiger charge is -2.13. The first-order valence-corrected chi connectivity index (χ1v) is 6.38. The number of ether oxygens (including phenoxy) is 1. The summed E-state index contributed by atoms with van der Waals surface area (Å²) in [5.41, 5.74) is 2.60. The first-order chi connectivity index (χ1) is 8.30. The largest absolute Gasteiger partial charge is 0.382 e. The summed E-state index contributed by atoms with van der Waals surface area (Å²) in [5, 5.41) is 0. The molecule has 0 fully saturated rings. The van der Waals surface area contributed by atoms with Crippen LogP contribution in [0.2, 0.25) is 0 Å². The molecule has 1 unspecified atom stereocenters. The molecular formula is C15H23NO. The average Bonchev–Trinajstić information content (AvgIpc) is 2.37. The van der Waals surface area contributed by atoms with Crippen molar-refractivity contribution >= 4 is 5.71 Å². The Bertz CT molecular complexity index is 326. The highest BCUT2D eigenvalue weighted by atomic mass is 16.5. The second-order valence-corrected chi connectivity index (χ2v) is 4.20. The molecule has 0 N–H and O–H groups in total. The van der Waals surface area contributed by atoms with Crippen LogP contribution in [0.25, 0.3) is 0 Å². The fourth-order valence-corrected chi connectivity index (χ4v) is 1.91. The van der Waals surface area contributed by atoms with E-state index in [0.717, 1.165) is 19.3 Å². The van der Waals surface area contributed by atoms with E-state index in [9.17, 15) is 0 Å². The van der Waals surface area contributed by atoms with E-state index in [4.69, 9.17) is 9.73 Å². The summed E-state index contributed by atoms with van der Waals surface area (Å²) in [6.07, 6.45) is 3.02. The molecule has 1 aromatic rings. The molecule has 0 saturated heterocycles. The van der Waals surface area contributed by atoms with Crippen molar-refractivity contribution in [2.24, 2.45) is 4.99 Å². The highest BCUT2D eigenvalue weighted by Crippen LogP contribution is 2.08. The van der Waals surface area contributed by atoms with Gasteiger partial charge in [0.15, 0.2) is 0 Å². The van der Waals surface area contributed by atoms with Crippen LogP contribution in [0.4, 0.5) is 0 Å². The summed E-state index contributed by atoms with van der Waals surface area (Å²) in [5.74, 6) is 0. The Labute approximate surface area is 105 Å². The van der Waals surface area contributed by atoms with E-state index in [2.05, 4.69) is 38.1 Å². The topological polar surface area (TPSA) is 21.6 Å². The molecule has 0 amide bonds. The van der Waals surface area contributed by atoms with Gasteiger partial charge in [-0.05, 0) is 24.8 Å². The van der Waals surface area contributed by atoms with Gasteiger partial charge in [0.1, 0.15) is 0 Å². The summed E-state index contributed by atoms with van der Waals surface area (Å²) in [7, 11) is 1.74. The molecule has 0 radical (unpaired) electrons. The van der Waals surface area contributed by atoms with Gasteiger partial charge in [0, 0.05) is 12.8 Å². The SMILES string of the molecule is CCC(CC)=NC(COC)Cc1ccccc1. The van der Waals surface area contributed by atoms with Gasteiger partial charge in [-0.15, -0.1) is 0 Å². The molecule has 1 aromatic carbocycles. The minimum atomic E-state index is 0.247. The van der Waals surface area contributed by atoms with Gasteiger partial charge in [-0.2, -0.15) is 0 Å². The van der Waals surface area contributed by atoms with Crippen LogP contribution in [-0.4, -0.2) is 25.5 Å². The Kier molecular flexibility index (Phi) is 6.56. The van der Waals surface area contributed by atoms with Crippen LogP contribution >= 0.6 is 0 Å². The minimum Gasteiger partial charge on any atom is -0.382 e. The van der Waals surface area contributed by atoms with Crippen LogP contribution in [-0.2, 0) is 11.2 Å². The lowest BCUT2D eigenvalue weighted by molar-refractivity contribution is 0.180.